The number of carbonyl (C=O) groups is 1. The molecule has 9 nitrogen and oxygen atoms in total. The Hall–Kier alpha value is -2.36. The summed E-state index contributed by atoms with van der Waals surface area (Å²) in [7, 11) is 0. The fourth-order valence-electron chi connectivity index (χ4n) is 1.93. The number of aromatic nitrogens is 2. The van der Waals surface area contributed by atoms with E-state index in [4.69, 9.17) is 27.9 Å². The predicted octanol–water partition coefficient (Wildman–Crippen LogP) is 3.10. The van der Waals surface area contributed by atoms with Gasteiger partial charge in [-0.15, -0.1) is 0 Å². The smallest absolute Gasteiger partial charge is 0.411 e. The minimum absolute atomic E-state index is 0.156. The number of amides is 1. The maximum Gasteiger partial charge on any atom is 0.411 e. The van der Waals surface area contributed by atoms with Crippen molar-refractivity contribution in [2.24, 2.45) is 0 Å². The number of carbonyl (C=O) groups excluding carboxylic acids is 1. The van der Waals surface area contributed by atoms with Gasteiger partial charge in [-0.05, 0) is 46.6 Å². The highest BCUT2D eigenvalue weighted by Crippen LogP contribution is 2.19. The molecule has 2 rings (SSSR count). The van der Waals surface area contributed by atoms with Gasteiger partial charge < -0.3 is 20.0 Å². The number of nitrogens with one attached hydrogen (secondary N) is 1. The average Bonchev–Trinajstić information content (AvgIpc) is 2.86. The van der Waals surface area contributed by atoms with Crippen molar-refractivity contribution in [3.63, 3.8) is 0 Å². The second-order valence-electron chi connectivity index (χ2n) is 5.46. The largest absolute Gasteiger partial charge is 0.446 e. The van der Waals surface area contributed by atoms with Gasteiger partial charge in [0.2, 0.25) is 0 Å². The van der Waals surface area contributed by atoms with E-state index in [-0.39, 0.29) is 18.4 Å². The van der Waals surface area contributed by atoms with E-state index < -0.39 is 22.4 Å². The minimum atomic E-state index is -1.52. The molecular formula is C14H14Cl2N4O5. The van der Waals surface area contributed by atoms with Crippen LogP contribution in [0.4, 0.5) is 16.3 Å². The van der Waals surface area contributed by atoms with Crippen LogP contribution in [0, 0.1) is 10.1 Å². The van der Waals surface area contributed by atoms with Crippen LogP contribution >= 0.6 is 23.2 Å². The van der Waals surface area contributed by atoms with Gasteiger partial charge in [0.15, 0.2) is 0 Å². The molecule has 0 aliphatic heterocycles. The van der Waals surface area contributed by atoms with E-state index in [0.29, 0.717) is 10.7 Å². The molecule has 0 saturated carbocycles. The van der Waals surface area contributed by atoms with Crippen molar-refractivity contribution in [2.45, 2.75) is 19.1 Å². The highest BCUT2D eigenvalue weighted by atomic mass is 35.5. The SMILES string of the molecule is C[C@](O)(COC(=O)Nc1cccc(Cl)c1)Cn1cc([N+](=O)[O-])nc1Cl. The number of halogens is 2. The number of nitrogens with zero attached hydrogens (tertiary/aromatic N) is 3. The van der Waals surface area contributed by atoms with Crippen LogP contribution in [-0.4, -0.2) is 37.9 Å². The molecule has 0 aliphatic carbocycles. The summed E-state index contributed by atoms with van der Waals surface area (Å²) in [6, 6.07) is 6.46. The van der Waals surface area contributed by atoms with Crippen molar-refractivity contribution < 1.29 is 19.6 Å². The number of rotatable bonds is 6. The third kappa shape index (κ3) is 5.59. The standard InChI is InChI=1S/C14H14Cl2N4O5/c1-14(22,7-19-6-11(20(23)24)18-12(19)16)8-25-13(21)17-10-4-2-3-9(15)5-10/h2-6,22H,7-8H2,1H3,(H,17,21)/t14-/m1/s1. The zero-order valence-corrected chi connectivity index (χ0v) is 14.5. The van der Waals surface area contributed by atoms with E-state index in [1.807, 2.05) is 0 Å². The number of hydrogen-bond acceptors (Lipinski definition) is 6. The van der Waals surface area contributed by atoms with E-state index in [0.717, 1.165) is 6.20 Å². The Bertz CT molecular complexity index is 793. The van der Waals surface area contributed by atoms with Gasteiger partial charge in [0.1, 0.15) is 18.4 Å². The van der Waals surface area contributed by atoms with Crippen LogP contribution < -0.4 is 5.32 Å². The Balaban J connectivity index is 1.92. The monoisotopic (exact) mass is 388 g/mol. The van der Waals surface area contributed by atoms with Crippen molar-refractivity contribution in [1.29, 1.82) is 0 Å². The molecule has 1 heterocycles. The summed E-state index contributed by atoms with van der Waals surface area (Å²) >= 11 is 11.6. The lowest BCUT2D eigenvalue weighted by molar-refractivity contribution is -0.389. The Morgan fingerprint density at radius 1 is 1.52 bits per heavy atom. The lowest BCUT2D eigenvalue weighted by atomic mass is 10.1. The van der Waals surface area contributed by atoms with Gasteiger partial charge >= 0.3 is 17.2 Å². The van der Waals surface area contributed by atoms with E-state index in [1.165, 1.54) is 17.6 Å². The van der Waals surface area contributed by atoms with Crippen molar-refractivity contribution in [3.8, 4) is 0 Å². The molecule has 1 atom stereocenters. The fraction of sp³-hybridized carbons (Fsp3) is 0.286. The molecule has 0 radical (unpaired) electrons. The minimum Gasteiger partial charge on any atom is -0.446 e. The lowest BCUT2D eigenvalue weighted by Crippen LogP contribution is -2.37. The summed E-state index contributed by atoms with van der Waals surface area (Å²) in [6.45, 7) is 0.862. The zero-order valence-electron chi connectivity index (χ0n) is 13.0. The summed E-state index contributed by atoms with van der Waals surface area (Å²) in [5.74, 6) is -0.444. The zero-order chi connectivity index (χ0) is 18.6. The predicted molar refractivity (Wildman–Crippen MR) is 90.9 cm³/mol. The summed E-state index contributed by atoms with van der Waals surface area (Å²) in [6.07, 6.45) is 0.299. The third-order valence-corrected chi connectivity index (χ3v) is 3.54. The normalized spacial score (nSPS) is 13.1. The molecule has 1 amide bonds. The van der Waals surface area contributed by atoms with Gasteiger partial charge in [-0.2, -0.15) is 0 Å². The maximum absolute atomic E-state index is 11.8. The Morgan fingerprint density at radius 3 is 2.84 bits per heavy atom. The van der Waals surface area contributed by atoms with Crippen LogP contribution in [0.15, 0.2) is 30.5 Å². The summed E-state index contributed by atoms with van der Waals surface area (Å²) in [5, 5.41) is 23.7. The second kappa shape index (κ2) is 7.68. The maximum atomic E-state index is 11.8. The van der Waals surface area contributed by atoms with Gasteiger partial charge in [-0.1, -0.05) is 17.7 Å². The van der Waals surface area contributed by atoms with Crippen LogP contribution in [0.2, 0.25) is 10.3 Å². The molecule has 25 heavy (non-hydrogen) atoms. The van der Waals surface area contributed by atoms with Crippen LogP contribution in [-0.2, 0) is 11.3 Å². The summed E-state index contributed by atoms with van der Waals surface area (Å²) in [4.78, 5) is 25.3. The molecule has 0 fully saturated rings. The van der Waals surface area contributed by atoms with Crippen LogP contribution in [0.1, 0.15) is 6.92 Å². The van der Waals surface area contributed by atoms with Crippen molar-refractivity contribution in [2.75, 3.05) is 11.9 Å². The highest BCUT2D eigenvalue weighted by Gasteiger charge is 2.27. The molecule has 2 aromatic rings. The number of aliphatic hydroxyl groups is 1. The first-order chi connectivity index (χ1) is 11.7. The van der Waals surface area contributed by atoms with Gasteiger partial charge in [-0.3, -0.25) is 9.88 Å². The molecule has 1 aromatic carbocycles. The summed E-state index contributed by atoms with van der Waals surface area (Å²) < 4.78 is 6.16. The van der Waals surface area contributed by atoms with Crippen LogP contribution in [0.25, 0.3) is 0 Å². The Labute approximate surface area is 152 Å². The Morgan fingerprint density at radius 2 is 2.24 bits per heavy atom. The molecule has 2 N–H and O–H groups in total. The first kappa shape index (κ1) is 19.0. The highest BCUT2D eigenvalue weighted by molar-refractivity contribution is 6.30. The van der Waals surface area contributed by atoms with Gasteiger partial charge in [0, 0.05) is 10.7 Å². The number of imidazole rings is 1. The van der Waals surface area contributed by atoms with E-state index in [9.17, 15) is 20.0 Å². The topological polar surface area (TPSA) is 120 Å². The number of ether oxygens (including phenoxy) is 1. The Kier molecular flexibility index (Phi) is 5.83. The molecule has 1 aromatic heterocycles. The molecule has 0 saturated heterocycles. The fourth-order valence-corrected chi connectivity index (χ4v) is 2.32. The van der Waals surface area contributed by atoms with Crippen molar-refractivity contribution in [1.82, 2.24) is 9.55 Å². The molecule has 11 heteroatoms. The number of benzene rings is 1. The van der Waals surface area contributed by atoms with E-state index in [2.05, 4.69) is 10.3 Å². The van der Waals surface area contributed by atoms with E-state index >= 15 is 0 Å². The van der Waals surface area contributed by atoms with Gasteiger partial charge in [0.25, 0.3) is 0 Å². The number of nitro groups is 1. The first-order valence-electron chi connectivity index (χ1n) is 6.95. The summed E-state index contributed by atoms with van der Waals surface area (Å²) in [5.41, 5.74) is -1.09. The molecule has 0 spiro atoms. The number of anilines is 1. The quantitative estimate of drug-likeness (QED) is 0.579. The van der Waals surface area contributed by atoms with Gasteiger partial charge in [-0.25, -0.2) is 4.79 Å². The molecule has 134 valence electrons. The number of hydrogen-bond donors (Lipinski definition) is 2. The molecule has 0 aliphatic rings. The average molecular weight is 389 g/mol. The molecule has 0 unspecified atom stereocenters. The second-order valence-corrected chi connectivity index (χ2v) is 6.24. The van der Waals surface area contributed by atoms with Crippen molar-refractivity contribution in [3.05, 3.63) is 50.9 Å². The van der Waals surface area contributed by atoms with Crippen molar-refractivity contribution >= 4 is 40.8 Å². The van der Waals surface area contributed by atoms with E-state index in [1.54, 1.807) is 18.2 Å². The third-order valence-electron chi connectivity index (χ3n) is 3.00. The van der Waals surface area contributed by atoms with Gasteiger partial charge in [0.05, 0.1) is 6.54 Å². The molecule has 0 bridgehead atoms. The van der Waals surface area contributed by atoms with Crippen LogP contribution in [0.3, 0.4) is 0 Å². The first-order valence-corrected chi connectivity index (χ1v) is 7.71. The molecular weight excluding hydrogens is 375 g/mol. The van der Waals surface area contributed by atoms with Crippen LogP contribution in [0.5, 0.6) is 0 Å². The lowest BCUT2D eigenvalue weighted by Gasteiger charge is -2.23.